The topological polar surface area (TPSA) is 38.3 Å². The highest BCUT2D eigenvalue weighted by Gasteiger charge is 2.27. The van der Waals surface area contributed by atoms with Gasteiger partial charge in [0.05, 0.1) is 5.92 Å². The second-order valence-electron chi connectivity index (χ2n) is 5.34. The molecule has 16 heavy (non-hydrogen) atoms. The summed E-state index contributed by atoms with van der Waals surface area (Å²) in [6.45, 7) is 4.20. The molecule has 1 aliphatic heterocycles. The van der Waals surface area contributed by atoms with E-state index >= 15 is 0 Å². The van der Waals surface area contributed by atoms with Gasteiger partial charge >= 0.3 is 5.97 Å². The molecular weight excluding hydrogens is 202 g/mol. The molecule has 3 nitrogen and oxygen atoms in total. The van der Waals surface area contributed by atoms with Gasteiger partial charge in [0.25, 0.3) is 0 Å². The highest BCUT2D eigenvalue weighted by Crippen LogP contribution is 2.26. The van der Waals surface area contributed by atoms with Crippen LogP contribution in [0.2, 0.25) is 0 Å². The van der Waals surface area contributed by atoms with Crippen molar-refractivity contribution in [2.45, 2.75) is 51.6 Å². The van der Waals surface area contributed by atoms with Crippen LogP contribution in [-0.4, -0.2) is 25.2 Å². The van der Waals surface area contributed by atoms with Gasteiger partial charge in [0.15, 0.2) is 0 Å². The molecule has 1 aliphatic carbocycles. The lowest BCUT2D eigenvalue weighted by molar-refractivity contribution is -0.156. The van der Waals surface area contributed by atoms with E-state index in [9.17, 15) is 4.79 Å². The first kappa shape index (κ1) is 11.9. The van der Waals surface area contributed by atoms with E-state index in [-0.39, 0.29) is 18.0 Å². The molecule has 2 rings (SSSR count). The van der Waals surface area contributed by atoms with Crippen molar-refractivity contribution in [3.8, 4) is 0 Å². The highest BCUT2D eigenvalue weighted by atomic mass is 16.5. The maximum absolute atomic E-state index is 11.9. The Morgan fingerprint density at radius 1 is 1.06 bits per heavy atom. The van der Waals surface area contributed by atoms with E-state index in [1.165, 1.54) is 12.8 Å². The van der Waals surface area contributed by atoms with Crippen LogP contribution < -0.4 is 5.32 Å². The third kappa shape index (κ3) is 3.21. The molecule has 0 spiro atoms. The lowest BCUT2D eigenvalue weighted by Gasteiger charge is -2.28. The maximum atomic E-state index is 11.9. The van der Waals surface area contributed by atoms with E-state index in [2.05, 4.69) is 12.2 Å². The van der Waals surface area contributed by atoms with E-state index in [1.807, 2.05) is 0 Å². The lowest BCUT2D eigenvalue weighted by Crippen LogP contribution is -2.35. The summed E-state index contributed by atoms with van der Waals surface area (Å²) in [5, 5.41) is 3.27. The number of carbonyl (C=O) groups is 1. The number of piperidine rings is 1. The Balaban J connectivity index is 1.73. The molecule has 92 valence electrons. The van der Waals surface area contributed by atoms with Crippen LogP contribution in [0.4, 0.5) is 0 Å². The van der Waals surface area contributed by atoms with Gasteiger partial charge in [0.2, 0.25) is 0 Å². The minimum atomic E-state index is 0.0565. The van der Waals surface area contributed by atoms with E-state index in [0.717, 1.165) is 44.7 Å². The molecule has 1 saturated carbocycles. The van der Waals surface area contributed by atoms with Gasteiger partial charge in [-0.15, -0.1) is 0 Å². The van der Waals surface area contributed by atoms with Gasteiger partial charge in [-0.25, -0.2) is 0 Å². The molecule has 0 aromatic carbocycles. The summed E-state index contributed by atoms with van der Waals surface area (Å²) in [6.07, 6.45) is 6.66. The van der Waals surface area contributed by atoms with E-state index < -0.39 is 0 Å². The highest BCUT2D eigenvalue weighted by molar-refractivity contribution is 5.72. The molecule has 0 radical (unpaired) electrons. The Morgan fingerprint density at radius 3 is 2.31 bits per heavy atom. The quantitative estimate of drug-likeness (QED) is 0.731. The number of esters is 1. The zero-order valence-electron chi connectivity index (χ0n) is 10.2. The maximum Gasteiger partial charge on any atom is 0.309 e. The Bertz CT molecular complexity index is 228. The molecule has 1 N–H and O–H groups in total. The number of hydrogen-bond donors (Lipinski definition) is 1. The van der Waals surface area contributed by atoms with Gasteiger partial charge in [-0.2, -0.15) is 0 Å². The van der Waals surface area contributed by atoms with Gasteiger partial charge in [-0.05, 0) is 57.5 Å². The van der Waals surface area contributed by atoms with Crippen LogP contribution in [0.1, 0.15) is 45.4 Å². The van der Waals surface area contributed by atoms with Gasteiger partial charge < -0.3 is 10.1 Å². The van der Waals surface area contributed by atoms with Crippen molar-refractivity contribution < 1.29 is 9.53 Å². The number of nitrogens with one attached hydrogen (secondary N) is 1. The van der Waals surface area contributed by atoms with Crippen LogP contribution in [0.15, 0.2) is 0 Å². The second kappa shape index (κ2) is 5.67. The smallest absolute Gasteiger partial charge is 0.309 e. The van der Waals surface area contributed by atoms with Crippen LogP contribution in [0.3, 0.4) is 0 Å². The minimum absolute atomic E-state index is 0.0565. The molecule has 0 bridgehead atoms. The Labute approximate surface area is 97.9 Å². The SMILES string of the molecule is CC1CCC(OC(=O)C2CCNCC2)CC1. The number of carbonyl (C=O) groups excluding carboxylic acids is 1. The van der Waals surface area contributed by atoms with Crippen LogP contribution in [0.25, 0.3) is 0 Å². The van der Waals surface area contributed by atoms with Crippen molar-refractivity contribution in [3.05, 3.63) is 0 Å². The monoisotopic (exact) mass is 225 g/mol. The Hall–Kier alpha value is -0.570. The van der Waals surface area contributed by atoms with Gasteiger partial charge in [-0.3, -0.25) is 4.79 Å². The van der Waals surface area contributed by atoms with Crippen LogP contribution in [0.5, 0.6) is 0 Å². The van der Waals surface area contributed by atoms with E-state index in [4.69, 9.17) is 4.74 Å². The minimum Gasteiger partial charge on any atom is -0.462 e. The van der Waals surface area contributed by atoms with Crippen molar-refractivity contribution >= 4 is 5.97 Å². The van der Waals surface area contributed by atoms with Gasteiger partial charge in [-0.1, -0.05) is 6.92 Å². The van der Waals surface area contributed by atoms with Gasteiger partial charge in [0.1, 0.15) is 6.10 Å². The number of ether oxygens (including phenoxy) is 1. The zero-order valence-corrected chi connectivity index (χ0v) is 10.2. The summed E-state index contributed by atoms with van der Waals surface area (Å²) in [4.78, 5) is 11.9. The summed E-state index contributed by atoms with van der Waals surface area (Å²) in [5.74, 6) is 1.02. The first-order chi connectivity index (χ1) is 7.75. The predicted octanol–water partition coefficient (Wildman–Crippen LogP) is 2.11. The summed E-state index contributed by atoms with van der Waals surface area (Å²) in [7, 11) is 0. The van der Waals surface area contributed by atoms with Crippen LogP contribution >= 0.6 is 0 Å². The molecular formula is C13H23NO2. The fraction of sp³-hybridized carbons (Fsp3) is 0.923. The van der Waals surface area contributed by atoms with Crippen LogP contribution in [0, 0.1) is 11.8 Å². The molecule has 0 amide bonds. The molecule has 2 aliphatic rings. The lowest BCUT2D eigenvalue weighted by atomic mass is 9.89. The fourth-order valence-electron chi connectivity index (χ4n) is 2.67. The molecule has 1 heterocycles. The van der Waals surface area contributed by atoms with E-state index in [1.54, 1.807) is 0 Å². The Morgan fingerprint density at radius 2 is 1.69 bits per heavy atom. The van der Waals surface area contributed by atoms with Crippen LogP contribution in [-0.2, 0) is 9.53 Å². The van der Waals surface area contributed by atoms with Crippen molar-refractivity contribution in [1.82, 2.24) is 5.32 Å². The molecule has 3 heteroatoms. The van der Waals surface area contributed by atoms with Crippen molar-refractivity contribution in [3.63, 3.8) is 0 Å². The van der Waals surface area contributed by atoms with Crippen molar-refractivity contribution in [2.24, 2.45) is 11.8 Å². The number of hydrogen-bond acceptors (Lipinski definition) is 3. The average molecular weight is 225 g/mol. The zero-order chi connectivity index (χ0) is 11.4. The molecule has 0 aromatic rings. The predicted molar refractivity (Wildman–Crippen MR) is 63.1 cm³/mol. The largest absolute Gasteiger partial charge is 0.462 e. The molecule has 1 saturated heterocycles. The molecule has 2 fully saturated rings. The summed E-state index contributed by atoms with van der Waals surface area (Å²) < 4.78 is 5.61. The average Bonchev–Trinajstić information content (AvgIpc) is 2.33. The third-order valence-electron chi connectivity index (χ3n) is 3.92. The van der Waals surface area contributed by atoms with Gasteiger partial charge in [0, 0.05) is 0 Å². The summed E-state index contributed by atoms with van der Waals surface area (Å²) >= 11 is 0. The third-order valence-corrected chi connectivity index (χ3v) is 3.92. The van der Waals surface area contributed by atoms with Crippen molar-refractivity contribution in [1.29, 1.82) is 0 Å². The Kier molecular flexibility index (Phi) is 4.22. The molecule has 0 unspecified atom stereocenters. The second-order valence-corrected chi connectivity index (χ2v) is 5.34. The normalized spacial score (nSPS) is 32.3. The first-order valence-corrected chi connectivity index (χ1v) is 6.67. The summed E-state index contributed by atoms with van der Waals surface area (Å²) in [6, 6.07) is 0. The standard InChI is InChI=1S/C13H23NO2/c1-10-2-4-12(5-3-10)16-13(15)11-6-8-14-9-7-11/h10-12,14H,2-9H2,1H3. The fourth-order valence-corrected chi connectivity index (χ4v) is 2.67. The number of rotatable bonds is 2. The van der Waals surface area contributed by atoms with Crippen molar-refractivity contribution in [2.75, 3.05) is 13.1 Å². The molecule has 0 aromatic heterocycles. The van der Waals surface area contributed by atoms with E-state index in [0.29, 0.717) is 0 Å². The summed E-state index contributed by atoms with van der Waals surface area (Å²) in [5.41, 5.74) is 0. The molecule has 0 atom stereocenters. The first-order valence-electron chi connectivity index (χ1n) is 6.67.